The molecule has 34 heavy (non-hydrogen) atoms. The van der Waals surface area contributed by atoms with Gasteiger partial charge in [-0.05, 0) is 31.4 Å². The van der Waals surface area contributed by atoms with Gasteiger partial charge in [-0.25, -0.2) is 19.9 Å². The van der Waals surface area contributed by atoms with Crippen LogP contribution in [-0.4, -0.2) is 70.3 Å². The largest absolute Gasteiger partial charge is 0.491 e. The molecule has 4 aromatic rings. The van der Waals surface area contributed by atoms with E-state index in [9.17, 15) is 4.79 Å². The van der Waals surface area contributed by atoms with Crippen LogP contribution >= 0.6 is 0 Å². The Labute approximate surface area is 196 Å². The van der Waals surface area contributed by atoms with Gasteiger partial charge < -0.3 is 24.7 Å². The molecule has 10 nitrogen and oxygen atoms in total. The third-order valence-corrected chi connectivity index (χ3v) is 6.00. The summed E-state index contributed by atoms with van der Waals surface area (Å²) in [7, 11) is 1.64. The maximum atomic E-state index is 12.7. The SMILES string of the molecule is COCCCNC(=O)c1cc(OC[C@H]2CCCN2c2ncnc3[nH]cnc23)c2ccccc2n1. The average Bonchev–Trinajstić information content (AvgIpc) is 3.54. The minimum absolute atomic E-state index is 0.132. The van der Waals surface area contributed by atoms with E-state index in [1.807, 2.05) is 24.3 Å². The molecule has 1 aliphatic heterocycles. The highest BCUT2D eigenvalue weighted by atomic mass is 16.5. The van der Waals surface area contributed by atoms with Crippen molar-refractivity contribution in [2.75, 3.05) is 38.3 Å². The number of nitrogens with one attached hydrogen (secondary N) is 2. The molecule has 1 amide bonds. The Hall–Kier alpha value is -3.79. The van der Waals surface area contributed by atoms with Crippen LogP contribution in [0.4, 0.5) is 5.82 Å². The molecule has 1 atom stereocenters. The predicted octanol–water partition coefficient (Wildman–Crippen LogP) is 2.72. The van der Waals surface area contributed by atoms with Gasteiger partial charge in [0.2, 0.25) is 0 Å². The second-order valence-corrected chi connectivity index (χ2v) is 8.22. The normalized spacial score (nSPS) is 15.8. The number of carbonyl (C=O) groups excluding carboxylic acids is 1. The second kappa shape index (κ2) is 10.0. The van der Waals surface area contributed by atoms with Crippen LogP contribution in [0, 0.1) is 0 Å². The fourth-order valence-corrected chi connectivity index (χ4v) is 4.32. The van der Waals surface area contributed by atoms with E-state index in [0.717, 1.165) is 53.7 Å². The number of rotatable bonds is 9. The van der Waals surface area contributed by atoms with E-state index in [2.05, 4.69) is 35.1 Å². The maximum absolute atomic E-state index is 12.7. The summed E-state index contributed by atoms with van der Waals surface area (Å²) in [6, 6.07) is 9.56. The van der Waals surface area contributed by atoms with Crippen LogP contribution < -0.4 is 15.0 Å². The van der Waals surface area contributed by atoms with Gasteiger partial charge in [-0.3, -0.25) is 4.79 Å². The predicted molar refractivity (Wildman–Crippen MR) is 128 cm³/mol. The van der Waals surface area contributed by atoms with Crippen molar-refractivity contribution in [2.45, 2.75) is 25.3 Å². The number of hydrogen-bond donors (Lipinski definition) is 2. The number of nitrogens with zero attached hydrogens (tertiary/aromatic N) is 5. The monoisotopic (exact) mass is 461 g/mol. The molecule has 0 unspecified atom stereocenters. The Morgan fingerprint density at radius 1 is 1.26 bits per heavy atom. The third-order valence-electron chi connectivity index (χ3n) is 6.00. The number of methoxy groups -OCH3 is 1. The summed E-state index contributed by atoms with van der Waals surface area (Å²) in [5.41, 5.74) is 2.54. The first-order valence-corrected chi connectivity index (χ1v) is 11.4. The lowest BCUT2D eigenvalue weighted by Crippen LogP contribution is -2.35. The van der Waals surface area contributed by atoms with Crippen molar-refractivity contribution in [2.24, 2.45) is 0 Å². The maximum Gasteiger partial charge on any atom is 0.270 e. The van der Waals surface area contributed by atoms with E-state index in [4.69, 9.17) is 9.47 Å². The van der Waals surface area contributed by atoms with Crippen LogP contribution in [-0.2, 0) is 4.74 Å². The summed E-state index contributed by atoms with van der Waals surface area (Å²) in [5.74, 6) is 1.23. The Morgan fingerprint density at radius 3 is 3.09 bits per heavy atom. The zero-order chi connectivity index (χ0) is 23.3. The number of amides is 1. The standard InChI is InChI=1S/C24H27N7O3/c1-33-11-5-9-25-24(32)19-12-20(17-7-2-3-8-18(17)30-19)34-13-16-6-4-10-31(16)23-21-22(27-14-26-21)28-15-29-23/h2-3,7-8,12,14-16H,4-6,9-11,13H2,1H3,(H,25,32)(H,26,27,28,29)/t16-/m1/s1. The fraction of sp³-hybridized carbons (Fsp3) is 0.375. The number of fused-ring (bicyclic) bond motifs is 2. The van der Waals surface area contributed by atoms with Gasteiger partial charge in [0.15, 0.2) is 11.5 Å². The number of carbonyl (C=O) groups is 1. The van der Waals surface area contributed by atoms with E-state index in [1.54, 1.807) is 25.8 Å². The van der Waals surface area contributed by atoms with E-state index in [-0.39, 0.29) is 11.9 Å². The van der Waals surface area contributed by atoms with Gasteiger partial charge in [-0.1, -0.05) is 12.1 Å². The summed E-state index contributed by atoms with van der Waals surface area (Å²) in [6.45, 7) is 2.45. The van der Waals surface area contributed by atoms with Crippen molar-refractivity contribution in [1.82, 2.24) is 30.2 Å². The molecule has 1 saturated heterocycles. The molecule has 1 aliphatic rings. The van der Waals surface area contributed by atoms with Crippen molar-refractivity contribution >= 4 is 33.8 Å². The molecular formula is C24H27N7O3. The highest BCUT2D eigenvalue weighted by Crippen LogP contribution is 2.30. The number of H-pyrrole nitrogens is 1. The van der Waals surface area contributed by atoms with Crippen LogP contribution in [0.3, 0.4) is 0 Å². The Bertz CT molecular complexity index is 1290. The van der Waals surface area contributed by atoms with E-state index >= 15 is 0 Å². The summed E-state index contributed by atoms with van der Waals surface area (Å²) in [4.78, 5) is 35.7. The quantitative estimate of drug-likeness (QED) is 0.365. The van der Waals surface area contributed by atoms with Crippen molar-refractivity contribution in [3.05, 3.63) is 48.7 Å². The summed E-state index contributed by atoms with van der Waals surface area (Å²) >= 11 is 0. The number of hydrogen-bond acceptors (Lipinski definition) is 8. The van der Waals surface area contributed by atoms with Gasteiger partial charge in [-0.15, -0.1) is 0 Å². The molecule has 0 saturated carbocycles. The number of aromatic amines is 1. The molecular weight excluding hydrogens is 434 g/mol. The van der Waals surface area contributed by atoms with E-state index in [0.29, 0.717) is 31.2 Å². The van der Waals surface area contributed by atoms with Crippen molar-refractivity contribution in [3.8, 4) is 5.75 Å². The van der Waals surface area contributed by atoms with Crippen molar-refractivity contribution < 1.29 is 14.3 Å². The first-order valence-electron chi connectivity index (χ1n) is 11.4. The lowest BCUT2D eigenvalue weighted by atomic mass is 10.1. The summed E-state index contributed by atoms with van der Waals surface area (Å²) in [6.07, 6.45) is 5.94. The fourth-order valence-electron chi connectivity index (χ4n) is 4.32. The molecule has 3 aromatic heterocycles. The lowest BCUT2D eigenvalue weighted by molar-refractivity contribution is 0.0943. The van der Waals surface area contributed by atoms with Crippen LogP contribution in [0.5, 0.6) is 5.75 Å². The summed E-state index contributed by atoms with van der Waals surface area (Å²) < 4.78 is 11.4. The zero-order valence-corrected chi connectivity index (χ0v) is 19.0. The molecule has 0 spiro atoms. The van der Waals surface area contributed by atoms with E-state index < -0.39 is 0 Å². The molecule has 0 bridgehead atoms. The smallest absolute Gasteiger partial charge is 0.270 e. The van der Waals surface area contributed by atoms with E-state index in [1.165, 1.54) is 0 Å². The molecule has 1 aromatic carbocycles. The number of anilines is 1. The number of aromatic nitrogens is 5. The molecule has 2 N–H and O–H groups in total. The lowest BCUT2D eigenvalue weighted by Gasteiger charge is -2.26. The van der Waals surface area contributed by atoms with Gasteiger partial charge in [0.1, 0.15) is 29.9 Å². The van der Waals surface area contributed by atoms with Gasteiger partial charge in [0.05, 0.1) is 17.9 Å². The number of benzene rings is 1. The molecule has 176 valence electrons. The van der Waals surface area contributed by atoms with Crippen molar-refractivity contribution in [3.63, 3.8) is 0 Å². The van der Waals surface area contributed by atoms with Crippen LogP contribution in [0.2, 0.25) is 0 Å². The Morgan fingerprint density at radius 2 is 2.18 bits per heavy atom. The molecule has 10 heteroatoms. The van der Waals surface area contributed by atoms with Gasteiger partial charge in [-0.2, -0.15) is 0 Å². The van der Waals surface area contributed by atoms with Crippen molar-refractivity contribution in [1.29, 1.82) is 0 Å². The molecule has 0 aliphatic carbocycles. The summed E-state index contributed by atoms with van der Waals surface area (Å²) in [5, 5.41) is 3.77. The minimum Gasteiger partial charge on any atom is -0.491 e. The number of imidazole rings is 1. The zero-order valence-electron chi connectivity index (χ0n) is 19.0. The minimum atomic E-state index is -0.226. The van der Waals surface area contributed by atoms with Crippen LogP contribution in [0.25, 0.3) is 22.1 Å². The molecule has 4 heterocycles. The number of pyridine rings is 1. The first-order chi connectivity index (χ1) is 16.7. The highest BCUT2D eigenvalue weighted by Gasteiger charge is 2.29. The molecule has 0 radical (unpaired) electrons. The highest BCUT2D eigenvalue weighted by molar-refractivity contribution is 5.97. The Balaban J connectivity index is 1.35. The topological polar surface area (TPSA) is 118 Å². The number of ether oxygens (including phenoxy) is 2. The van der Waals surface area contributed by atoms with Gasteiger partial charge >= 0.3 is 0 Å². The Kier molecular flexibility index (Phi) is 6.48. The molecule has 5 rings (SSSR count). The number of para-hydroxylation sites is 1. The van der Waals surface area contributed by atoms with Crippen LogP contribution in [0.1, 0.15) is 29.8 Å². The first kappa shape index (κ1) is 22.0. The second-order valence-electron chi connectivity index (χ2n) is 8.22. The van der Waals surface area contributed by atoms with Gasteiger partial charge in [0.25, 0.3) is 5.91 Å². The third kappa shape index (κ3) is 4.49. The van der Waals surface area contributed by atoms with Crippen LogP contribution in [0.15, 0.2) is 43.0 Å². The van der Waals surface area contributed by atoms with Gasteiger partial charge in [0, 0.05) is 38.3 Å². The molecule has 1 fully saturated rings. The average molecular weight is 462 g/mol.